The first-order chi connectivity index (χ1) is 9.28. The summed E-state index contributed by atoms with van der Waals surface area (Å²) in [4.78, 5) is 8.76. The molecule has 0 spiro atoms. The molecule has 1 aliphatic heterocycles. The van der Waals surface area contributed by atoms with Crippen molar-refractivity contribution in [2.75, 3.05) is 44.0 Å². The molecule has 1 aromatic rings. The standard InChI is InChI=1S/C13H22N4O2/c1-10-8-12(15-9-11-4-3-6-19-11)17-13(16-10)14-5-7-18-2/h8,11H,3-7,9H2,1-2H3,(H2,14,15,16,17). The molecule has 2 rings (SSSR count). The lowest BCUT2D eigenvalue weighted by Gasteiger charge is -2.13. The van der Waals surface area contributed by atoms with Crippen LogP contribution in [0.15, 0.2) is 6.07 Å². The summed E-state index contributed by atoms with van der Waals surface area (Å²) in [6.45, 7) is 4.97. The van der Waals surface area contributed by atoms with Crippen LogP contribution < -0.4 is 10.6 Å². The number of ether oxygens (including phenoxy) is 2. The number of nitrogens with zero attached hydrogens (tertiary/aromatic N) is 2. The summed E-state index contributed by atoms with van der Waals surface area (Å²) < 4.78 is 10.6. The Balaban J connectivity index is 1.87. The maximum Gasteiger partial charge on any atom is 0.224 e. The van der Waals surface area contributed by atoms with Crippen molar-refractivity contribution >= 4 is 11.8 Å². The average Bonchev–Trinajstić information content (AvgIpc) is 2.89. The van der Waals surface area contributed by atoms with Gasteiger partial charge in [0, 0.05) is 38.6 Å². The number of aromatic nitrogens is 2. The summed E-state index contributed by atoms with van der Waals surface area (Å²) in [6.07, 6.45) is 2.58. The third kappa shape index (κ3) is 4.65. The molecule has 1 atom stereocenters. The van der Waals surface area contributed by atoms with Gasteiger partial charge in [0.05, 0.1) is 12.7 Å². The number of methoxy groups -OCH3 is 1. The molecule has 2 heterocycles. The molecule has 106 valence electrons. The van der Waals surface area contributed by atoms with E-state index in [1.54, 1.807) is 7.11 Å². The fourth-order valence-corrected chi connectivity index (χ4v) is 2.03. The van der Waals surface area contributed by atoms with Crippen molar-refractivity contribution in [3.8, 4) is 0 Å². The first kappa shape index (κ1) is 14.0. The van der Waals surface area contributed by atoms with Gasteiger partial charge in [0.2, 0.25) is 5.95 Å². The van der Waals surface area contributed by atoms with Gasteiger partial charge in [-0.3, -0.25) is 0 Å². The normalized spacial score (nSPS) is 18.5. The van der Waals surface area contributed by atoms with Crippen molar-refractivity contribution in [1.29, 1.82) is 0 Å². The summed E-state index contributed by atoms with van der Waals surface area (Å²) in [7, 11) is 1.67. The Bertz CT molecular complexity index is 394. The number of hydrogen-bond acceptors (Lipinski definition) is 6. The molecule has 19 heavy (non-hydrogen) atoms. The predicted molar refractivity (Wildman–Crippen MR) is 74.6 cm³/mol. The minimum atomic E-state index is 0.306. The van der Waals surface area contributed by atoms with E-state index in [-0.39, 0.29) is 0 Å². The summed E-state index contributed by atoms with van der Waals surface area (Å²) >= 11 is 0. The molecule has 6 heteroatoms. The fraction of sp³-hybridized carbons (Fsp3) is 0.692. The molecular formula is C13H22N4O2. The summed E-state index contributed by atoms with van der Waals surface area (Å²) in [6, 6.07) is 1.94. The second kappa shape index (κ2) is 7.25. The molecule has 1 saturated heterocycles. The Kier molecular flexibility index (Phi) is 5.35. The maximum absolute atomic E-state index is 5.58. The van der Waals surface area contributed by atoms with Gasteiger partial charge in [0.15, 0.2) is 0 Å². The highest BCUT2D eigenvalue weighted by molar-refractivity contribution is 5.42. The van der Waals surface area contributed by atoms with Gasteiger partial charge >= 0.3 is 0 Å². The van der Waals surface area contributed by atoms with E-state index in [9.17, 15) is 0 Å². The molecule has 0 amide bonds. The first-order valence-corrected chi connectivity index (χ1v) is 6.72. The first-order valence-electron chi connectivity index (χ1n) is 6.72. The quantitative estimate of drug-likeness (QED) is 0.728. The van der Waals surface area contributed by atoms with Gasteiger partial charge in [-0.2, -0.15) is 4.98 Å². The Hall–Kier alpha value is -1.40. The highest BCUT2D eigenvalue weighted by atomic mass is 16.5. The van der Waals surface area contributed by atoms with Crippen LogP contribution in [0, 0.1) is 6.92 Å². The monoisotopic (exact) mass is 266 g/mol. The minimum Gasteiger partial charge on any atom is -0.383 e. The highest BCUT2D eigenvalue weighted by Crippen LogP contribution is 2.14. The van der Waals surface area contributed by atoms with E-state index in [1.165, 1.54) is 0 Å². The van der Waals surface area contributed by atoms with E-state index in [0.29, 0.717) is 25.2 Å². The summed E-state index contributed by atoms with van der Waals surface area (Å²) in [5.74, 6) is 1.47. The minimum absolute atomic E-state index is 0.306. The summed E-state index contributed by atoms with van der Waals surface area (Å²) in [5.41, 5.74) is 0.935. The Morgan fingerprint density at radius 2 is 2.32 bits per heavy atom. The zero-order valence-electron chi connectivity index (χ0n) is 11.6. The zero-order chi connectivity index (χ0) is 13.5. The van der Waals surface area contributed by atoms with E-state index in [0.717, 1.165) is 37.5 Å². The van der Waals surface area contributed by atoms with Crippen LogP contribution in [0.2, 0.25) is 0 Å². The Labute approximate surface area is 113 Å². The van der Waals surface area contributed by atoms with Gasteiger partial charge < -0.3 is 20.1 Å². The van der Waals surface area contributed by atoms with Gasteiger partial charge in [-0.25, -0.2) is 4.98 Å². The third-order valence-corrected chi connectivity index (χ3v) is 2.98. The van der Waals surface area contributed by atoms with E-state index in [4.69, 9.17) is 9.47 Å². The van der Waals surface area contributed by atoms with Crippen molar-refractivity contribution < 1.29 is 9.47 Å². The molecule has 1 aromatic heterocycles. The highest BCUT2D eigenvalue weighted by Gasteiger charge is 2.15. The van der Waals surface area contributed by atoms with Crippen molar-refractivity contribution in [3.05, 3.63) is 11.8 Å². The smallest absolute Gasteiger partial charge is 0.224 e. The molecular weight excluding hydrogens is 244 g/mol. The van der Waals surface area contributed by atoms with E-state index in [2.05, 4.69) is 20.6 Å². The van der Waals surface area contributed by atoms with Crippen LogP contribution >= 0.6 is 0 Å². The predicted octanol–water partition coefficient (Wildman–Crippen LogP) is 1.43. The van der Waals surface area contributed by atoms with Crippen LogP contribution in [-0.2, 0) is 9.47 Å². The van der Waals surface area contributed by atoms with E-state index < -0.39 is 0 Å². The third-order valence-electron chi connectivity index (χ3n) is 2.98. The number of hydrogen-bond donors (Lipinski definition) is 2. The van der Waals surface area contributed by atoms with Gasteiger partial charge in [0.25, 0.3) is 0 Å². The molecule has 0 aromatic carbocycles. The zero-order valence-corrected chi connectivity index (χ0v) is 11.6. The number of anilines is 2. The topological polar surface area (TPSA) is 68.3 Å². The molecule has 0 aliphatic carbocycles. The van der Waals surface area contributed by atoms with Crippen molar-refractivity contribution in [3.63, 3.8) is 0 Å². The lowest BCUT2D eigenvalue weighted by atomic mass is 10.2. The molecule has 0 bridgehead atoms. The van der Waals surface area contributed by atoms with Crippen molar-refractivity contribution in [2.24, 2.45) is 0 Å². The van der Waals surface area contributed by atoms with Crippen LogP contribution in [0.1, 0.15) is 18.5 Å². The molecule has 1 aliphatic rings. The maximum atomic E-state index is 5.58. The van der Waals surface area contributed by atoms with Gasteiger partial charge in [0.1, 0.15) is 5.82 Å². The Morgan fingerprint density at radius 3 is 3.05 bits per heavy atom. The summed E-state index contributed by atoms with van der Waals surface area (Å²) in [5, 5.41) is 6.45. The molecule has 2 N–H and O–H groups in total. The van der Waals surface area contributed by atoms with Crippen molar-refractivity contribution in [1.82, 2.24) is 9.97 Å². The van der Waals surface area contributed by atoms with Crippen LogP contribution in [0.25, 0.3) is 0 Å². The number of aryl methyl sites for hydroxylation is 1. The SMILES string of the molecule is COCCNc1nc(C)cc(NCC2CCCO2)n1. The van der Waals surface area contributed by atoms with Crippen LogP contribution in [0.4, 0.5) is 11.8 Å². The lowest BCUT2D eigenvalue weighted by Crippen LogP contribution is -2.19. The second-order valence-corrected chi connectivity index (χ2v) is 4.65. The van der Waals surface area contributed by atoms with Crippen LogP contribution in [0.3, 0.4) is 0 Å². The van der Waals surface area contributed by atoms with Gasteiger partial charge in [-0.1, -0.05) is 0 Å². The van der Waals surface area contributed by atoms with E-state index in [1.807, 2.05) is 13.0 Å². The Morgan fingerprint density at radius 1 is 1.42 bits per heavy atom. The van der Waals surface area contributed by atoms with Gasteiger partial charge in [-0.05, 0) is 19.8 Å². The largest absolute Gasteiger partial charge is 0.383 e. The van der Waals surface area contributed by atoms with Crippen molar-refractivity contribution in [2.45, 2.75) is 25.9 Å². The fourth-order valence-electron chi connectivity index (χ4n) is 2.03. The number of nitrogens with one attached hydrogen (secondary N) is 2. The molecule has 6 nitrogen and oxygen atoms in total. The molecule has 0 radical (unpaired) electrons. The van der Waals surface area contributed by atoms with Gasteiger partial charge in [-0.15, -0.1) is 0 Å². The molecule has 0 saturated carbocycles. The van der Waals surface area contributed by atoms with E-state index >= 15 is 0 Å². The molecule has 1 fully saturated rings. The van der Waals surface area contributed by atoms with Crippen LogP contribution in [-0.4, -0.2) is 49.5 Å². The number of rotatable bonds is 7. The molecule has 1 unspecified atom stereocenters. The van der Waals surface area contributed by atoms with Crippen LogP contribution in [0.5, 0.6) is 0 Å². The average molecular weight is 266 g/mol. The second-order valence-electron chi connectivity index (χ2n) is 4.65. The lowest BCUT2D eigenvalue weighted by molar-refractivity contribution is 0.120.